The van der Waals surface area contributed by atoms with Gasteiger partial charge in [0, 0.05) is 30.3 Å². The van der Waals surface area contributed by atoms with E-state index in [0.717, 1.165) is 28.9 Å². The minimum absolute atomic E-state index is 0.148. The summed E-state index contributed by atoms with van der Waals surface area (Å²) >= 11 is 0. The summed E-state index contributed by atoms with van der Waals surface area (Å²) in [4.78, 5) is 24.6. The molecule has 2 aromatic carbocycles. The highest BCUT2D eigenvalue weighted by molar-refractivity contribution is 7.89. The molecule has 12 heteroatoms. The van der Waals surface area contributed by atoms with E-state index in [1.54, 1.807) is 4.68 Å². The highest BCUT2D eigenvalue weighted by Gasteiger charge is 2.32. The summed E-state index contributed by atoms with van der Waals surface area (Å²) in [6, 6.07) is 19.7. The van der Waals surface area contributed by atoms with Crippen LogP contribution in [0.2, 0.25) is 0 Å². The van der Waals surface area contributed by atoms with E-state index in [2.05, 4.69) is 36.1 Å². The van der Waals surface area contributed by atoms with Crippen molar-refractivity contribution in [1.82, 2.24) is 14.1 Å². The van der Waals surface area contributed by atoms with E-state index in [0.29, 0.717) is 43.4 Å². The number of urea groups is 1. The van der Waals surface area contributed by atoms with Crippen LogP contribution in [0.3, 0.4) is 0 Å². The van der Waals surface area contributed by atoms with Crippen LogP contribution < -0.4 is 10.6 Å². The van der Waals surface area contributed by atoms with Crippen molar-refractivity contribution in [2.24, 2.45) is 5.92 Å². The van der Waals surface area contributed by atoms with Gasteiger partial charge in [0.15, 0.2) is 0 Å². The molecule has 2 N–H and O–H groups in total. The Labute approximate surface area is 263 Å². The lowest BCUT2D eigenvalue weighted by Gasteiger charge is -2.30. The predicted octanol–water partition coefficient (Wildman–Crippen LogP) is 6.15. The van der Waals surface area contributed by atoms with Gasteiger partial charge in [-0.05, 0) is 74.1 Å². The van der Waals surface area contributed by atoms with Crippen molar-refractivity contribution in [2.45, 2.75) is 57.5 Å². The van der Waals surface area contributed by atoms with E-state index < -0.39 is 16.0 Å². The number of ether oxygens (including phenoxy) is 1. The van der Waals surface area contributed by atoms with Gasteiger partial charge < -0.3 is 14.5 Å². The molecule has 1 fully saturated rings. The van der Waals surface area contributed by atoms with E-state index in [1.807, 2.05) is 61.5 Å². The average Bonchev–Trinajstić information content (AvgIpc) is 3.67. The summed E-state index contributed by atoms with van der Waals surface area (Å²) in [5.74, 6) is 0.00393. The van der Waals surface area contributed by atoms with Gasteiger partial charge in [-0.25, -0.2) is 22.7 Å². The van der Waals surface area contributed by atoms with Gasteiger partial charge in [-0.1, -0.05) is 50.6 Å². The Hall–Kier alpha value is -4.42. The molecule has 4 aromatic rings. The van der Waals surface area contributed by atoms with Crippen molar-refractivity contribution < 1.29 is 27.2 Å². The van der Waals surface area contributed by atoms with Crippen molar-refractivity contribution in [2.75, 3.05) is 30.8 Å². The molecule has 5 rings (SSSR count). The van der Waals surface area contributed by atoms with E-state index >= 15 is 0 Å². The lowest BCUT2D eigenvalue weighted by Crippen LogP contribution is -2.38. The Balaban J connectivity index is 1.16. The molecule has 0 radical (unpaired) electrons. The highest BCUT2D eigenvalue weighted by Crippen LogP contribution is 2.29. The van der Waals surface area contributed by atoms with Crippen molar-refractivity contribution in [1.29, 1.82) is 0 Å². The van der Waals surface area contributed by atoms with Gasteiger partial charge in [0.1, 0.15) is 5.82 Å². The summed E-state index contributed by atoms with van der Waals surface area (Å²) in [6.07, 6.45) is 2.17. The summed E-state index contributed by atoms with van der Waals surface area (Å²) in [6.45, 7) is 8.98. The number of anilines is 2. The smallest absolute Gasteiger partial charge is 0.374 e. The predicted molar refractivity (Wildman–Crippen MR) is 171 cm³/mol. The van der Waals surface area contributed by atoms with Gasteiger partial charge in [0.25, 0.3) is 10.0 Å². The van der Waals surface area contributed by atoms with Crippen LogP contribution >= 0.6 is 0 Å². The second kappa shape index (κ2) is 12.9. The van der Waals surface area contributed by atoms with Crippen LogP contribution in [0.4, 0.5) is 16.3 Å². The van der Waals surface area contributed by atoms with Crippen molar-refractivity contribution in [3.05, 3.63) is 89.3 Å². The molecule has 238 valence electrons. The molecule has 0 saturated carbocycles. The number of rotatable bonds is 8. The first-order valence-corrected chi connectivity index (χ1v) is 16.3. The van der Waals surface area contributed by atoms with Crippen LogP contribution in [0.1, 0.15) is 61.0 Å². The van der Waals surface area contributed by atoms with Crippen molar-refractivity contribution >= 4 is 33.5 Å². The molecule has 3 heterocycles. The lowest BCUT2D eigenvalue weighted by molar-refractivity contribution is 0.0558. The third-order valence-corrected chi connectivity index (χ3v) is 9.64. The summed E-state index contributed by atoms with van der Waals surface area (Å²) in [5.41, 5.74) is 4.41. The summed E-state index contributed by atoms with van der Waals surface area (Å²) < 4.78 is 39.0. The Morgan fingerprint density at radius 2 is 1.64 bits per heavy atom. The van der Waals surface area contributed by atoms with E-state index in [9.17, 15) is 18.0 Å². The maximum Gasteiger partial charge on any atom is 0.374 e. The number of aromatic nitrogens is 2. The number of amides is 2. The minimum atomic E-state index is -3.84. The molecule has 0 atom stereocenters. The lowest BCUT2D eigenvalue weighted by atomic mass is 9.91. The first kappa shape index (κ1) is 32.0. The normalized spacial score (nSPS) is 14.7. The van der Waals surface area contributed by atoms with Gasteiger partial charge >= 0.3 is 12.0 Å². The molecule has 1 aliphatic rings. The second-order valence-corrected chi connectivity index (χ2v) is 14.2. The molecule has 1 saturated heterocycles. The number of benzene rings is 2. The van der Waals surface area contributed by atoms with Crippen molar-refractivity contribution in [3.63, 3.8) is 0 Å². The van der Waals surface area contributed by atoms with Gasteiger partial charge in [-0.15, -0.1) is 0 Å². The van der Waals surface area contributed by atoms with Gasteiger partial charge in [-0.3, -0.25) is 5.32 Å². The Kier molecular flexibility index (Phi) is 9.17. The third kappa shape index (κ3) is 7.46. The first-order chi connectivity index (χ1) is 21.3. The molecule has 45 heavy (non-hydrogen) atoms. The average molecular weight is 634 g/mol. The number of esters is 1. The highest BCUT2D eigenvalue weighted by atomic mass is 32.2. The zero-order valence-electron chi connectivity index (χ0n) is 26.2. The maximum atomic E-state index is 13.0. The first-order valence-electron chi connectivity index (χ1n) is 14.9. The number of hydrogen-bond acceptors (Lipinski definition) is 7. The SMILES string of the molecule is COC(=O)c1ccc(S(=O)(=O)N2CCC(Cc3ccc(NC(=O)Nc4cc(C(C)(C)C)nn4-c4ccc(C)cc4)cc3)CC2)o1. The van der Waals surface area contributed by atoms with Crippen LogP contribution in [0.5, 0.6) is 0 Å². The van der Waals surface area contributed by atoms with Crippen LogP contribution in [0, 0.1) is 12.8 Å². The summed E-state index contributed by atoms with van der Waals surface area (Å²) in [7, 11) is -2.63. The monoisotopic (exact) mass is 633 g/mol. The standard InChI is InChI=1S/C33H39N5O6S/c1-22-6-12-26(13-7-22)38-29(21-28(36-38)33(2,3)4)35-32(40)34-25-10-8-23(9-11-25)20-24-16-18-37(19-17-24)45(41,42)30-15-14-27(44-30)31(39)43-5/h6-15,21,24H,16-20H2,1-5H3,(H2,34,35,40). The Bertz CT molecular complexity index is 1760. The van der Waals surface area contributed by atoms with Gasteiger partial charge in [0.2, 0.25) is 10.9 Å². The number of nitrogens with zero attached hydrogens (tertiary/aromatic N) is 3. The molecule has 0 unspecified atom stereocenters. The second-order valence-electron chi connectivity index (χ2n) is 12.4. The minimum Gasteiger partial charge on any atom is -0.463 e. The zero-order valence-corrected chi connectivity index (χ0v) is 27.0. The molecule has 0 aliphatic carbocycles. The number of furan rings is 1. The Morgan fingerprint density at radius 1 is 0.978 bits per heavy atom. The third-order valence-electron chi connectivity index (χ3n) is 7.87. The number of nitrogens with one attached hydrogen (secondary N) is 2. The maximum absolute atomic E-state index is 13.0. The molecule has 2 amide bonds. The fraction of sp³-hybridized carbons (Fsp3) is 0.364. The molecule has 0 spiro atoms. The molecule has 2 aromatic heterocycles. The van der Waals surface area contributed by atoms with Crippen molar-refractivity contribution in [3.8, 4) is 5.69 Å². The van der Waals surface area contributed by atoms with E-state index in [4.69, 9.17) is 9.52 Å². The molecule has 1 aliphatic heterocycles. The van der Waals surface area contributed by atoms with Crippen LogP contribution in [-0.2, 0) is 26.6 Å². The number of hydrogen-bond donors (Lipinski definition) is 2. The van der Waals surface area contributed by atoms with Crippen LogP contribution in [0.15, 0.2) is 76.2 Å². The number of carbonyl (C=O) groups excluding carboxylic acids is 2. The zero-order chi connectivity index (χ0) is 32.4. The van der Waals surface area contributed by atoms with Crippen LogP contribution in [-0.4, -0.2) is 54.7 Å². The summed E-state index contributed by atoms with van der Waals surface area (Å²) in [5, 5.41) is 10.4. The molecule has 0 bridgehead atoms. The number of carbonyl (C=O) groups is 2. The Morgan fingerprint density at radius 3 is 2.27 bits per heavy atom. The van der Waals surface area contributed by atoms with Gasteiger partial charge in [-0.2, -0.15) is 9.40 Å². The number of sulfonamides is 1. The molecule has 11 nitrogen and oxygen atoms in total. The fourth-order valence-corrected chi connectivity index (χ4v) is 6.59. The number of piperidine rings is 1. The topological polar surface area (TPSA) is 136 Å². The number of methoxy groups -OCH3 is 1. The quantitative estimate of drug-likeness (QED) is 0.222. The molecular weight excluding hydrogens is 594 g/mol. The van der Waals surface area contributed by atoms with Crippen LogP contribution in [0.25, 0.3) is 5.69 Å². The van der Waals surface area contributed by atoms with E-state index in [-0.39, 0.29) is 22.3 Å². The fourth-order valence-electron chi connectivity index (χ4n) is 5.21. The number of aryl methyl sites for hydroxylation is 1. The van der Waals surface area contributed by atoms with Gasteiger partial charge in [0.05, 0.1) is 18.5 Å². The molecular formula is C33H39N5O6S. The van der Waals surface area contributed by atoms with E-state index in [1.165, 1.54) is 23.5 Å². The largest absolute Gasteiger partial charge is 0.463 e.